The molecule has 0 saturated heterocycles. The minimum atomic E-state index is 0.468. The van der Waals surface area contributed by atoms with E-state index in [1.54, 1.807) is 10.7 Å². The number of aryl methyl sites for hydroxylation is 2. The molecule has 0 aliphatic rings. The summed E-state index contributed by atoms with van der Waals surface area (Å²) in [6.45, 7) is 3.77. The average Bonchev–Trinajstić information content (AvgIpc) is 3.01. The van der Waals surface area contributed by atoms with Crippen LogP contribution in [0.4, 0.5) is 0 Å². The van der Waals surface area contributed by atoms with E-state index in [1.165, 1.54) is 0 Å². The molecule has 0 saturated carbocycles. The highest BCUT2D eigenvalue weighted by Gasteiger charge is 2.14. The number of hydrogen-bond donors (Lipinski definition) is 0. The standard InChI is InChI=1S/C16H13N7/c1-10-14(13-8-9-17-11(2)18-13)20-21-16-19-15(22-23(10)16)12-6-4-3-5-7-12/h3-9H,1-2H3. The van der Waals surface area contributed by atoms with E-state index in [9.17, 15) is 0 Å². The van der Waals surface area contributed by atoms with Gasteiger partial charge in [-0.05, 0) is 19.9 Å². The van der Waals surface area contributed by atoms with Crippen molar-refractivity contribution in [2.24, 2.45) is 0 Å². The first-order chi connectivity index (χ1) is 11.2. The molecule has 7 nitrogen and oxygen atoms in total. The largest absolute Gasteiger partial charge is 0.272 e. The molecule has 0 atom stereocenters. The molecule has 3 aromatic heterocycles. The Labute approximate surface area is 132 Å². The van der Waals surface area contributed by atoms with Crippen molar-refractivity contribution in [3.05, 3.63) is 54.1 Å². The third-order valence-electron chi connectivity index (χ3n) is 3.54. The zero-order valence-corrected chi connectivity index (χ0v) is 12.7. The monoisotopic (exact) mass is 303 g/mol. The number of rotatable bonds is 2. The lowest BCUT2D eigenvalue weighted by Gasteiger charge is -2.04. The van der Waals surface area contributed by atoms with Crippen LogP contribution < -0.4 is 0 Å². The fourth-order valence-corrected chi connectivity index (χ4v) is 2.40. The van der Waals surface area contributed by atoms with Crippen LogP contribution in [0.2, 0.25) is 0 Å². The Bertz CT molecular complexity index is 992. The number of nitrogens with zero attached hydrogens (tertiary/aromatic N) is 7. The van der Waals surface area contributed by atoms with Gasteiger partial charge in [-0.15, -0.1) is 15.3 Å². The molecule has 0 amide bonds. The normalized spacial score (nSPS) is 11.0. The predicted octanol–water partition coefficient (Wildman–Crippen LogP) is 2.26. The smallest absolute Gasteiger partial charge is 0.242 e. The first-order valence-electron chi connectivity index (χ1n) is 7.18. The zero-order valence-electron chi connectivity index (χ0n) is 12.7. The summed E-state index contributed by atoms with van der Waals surface area (Å²) in [7, 11) is 0. The molecule has 0 radical (unpaired) electrons. The first-order valence-corrected chi connectivity index (χ1v) is 7.18. The molecule has 0 unspecified atom stereocenters. The van der Waals surface area contributed by atoms with Gasteiger partial charge in [0.25, 0.3) is 5.78 Å². The Morgan fingerprint density at radius 2 is 1.74 bits per heavy atom. The van der Waals surface area contributed by atoms with Crippen LogP contribution in [0.15, 0.2) is 42.6 Å². The van der Waals surface area contributed by atoms with Crippen LogP contribution in [0.1, 0.15) is 11.5 Å². The highest BCUT2D eigenvalue weighted by atomic mass is 15.4. The fourth-order valence-electron chi connectivity index (χ4n) is 2.40. The predicted molar refractivity (Wildman–Crippen MR) is 84.5 cm³/mol. The summed E-state index contributed by atoms with van der Waals surface area (Å²) in [4.78, 5) is 12.9. The van der Waals surface area contributed by atoms with Crippen molar-refractivity contribution in [3.63, 3.8) is 0 Å². The van der Waals surface area contributed by atoms with E-state index < -0.39 is 0 Å². The van der Waals surface area contributed by atoms with Gasteiger partial charge in [0, 0.05) is 11.8 Å². The lowest BCUT2D eigenvalue weighted by Crippen LogP contribution is -2.04. The molecule has 4 aromatic rings. The van der Waals surface area contributed by atoms with E-state index in [-0.39, 0.29) is 0 Å². The number of fused-ring (bicyclic) bond motifs is 1. The lowest BCUT2D eigenvalue weighted by atomic mass is 10.2. The van der Waals surface area contributed by atoms with E-state index >= 15 is 0 Å². The van der Waals surface area contributed by atoms with Crippen LogP contribution >= 0.6 is 0 Å². The van der Waals surface area contributed by atoms with Crippen molar-refractivity contribution in [3.8, 4) is 22.8 Å². The molecule has 0 N–H and O–H groups in total. The van der Waals surface area contributed by atoms with Gasteiger partial charge in [-0.25, -0.2) is 9.97 Å². The zero-order chi connectivity index (χ0) is 15.8. The highest BCUT2D eigenvalue weighted by molar-refractivity contribution is 5.60. The molecule has 4 rings (SSSR count). The number of hydrogen-bond acceptors (Lipinski definition) is 6. The maximum atomic E-state index is 4.55. The third kappa shape index (κ3) is 2.32. The summed E-state index contributed by atoms with van der Waals surface area (Å²) in [5, 5.41) is 13.0. The first kappa shape index (κ1) is 13.4. The van der Waals surface area contributed by atoms with E-state index in [0.29, 0.717) is 23.1 Å². The topological polar surface area (TPSA) is 81.8 Å². The van der Waals surface area contributed by atoms with Crippen LogP contribution in [0.25, 0.3) is 28.6 Å². The summed E-state index contributed by atoms with van der Waals surface area (Å²) < 4.78 is 1.70. The number of aromatic nitrogens is 7. The van der Waals surface area contributed by atoms with Gasteiger partial charge < -0.3 is 0 Å². The van der Waals surface area contributed by atoms with Gasteiger partial charge in [0.05, 0.1) is 11.4 Å². The molecule has 0 fully saturated rings. The molecule has 0 bridgehead atoms. The van der Waals surface area contributed by atoms with Crippen LogP contribution in [-0.2, 0) is 0 Å². The number of benzene rings is 1. The Morgan fingerprint density at radius 1 is 0.913 bits per heavy atom. The molecule has 112 valence electrons. The van der Waals surface area contributed by atoms with Gasteiger partial charge in [-0.2, -0.15) is 9.50 Å². The van der Waals surface area contributed by atoms with Crippen molar-refractivity contribution in [1.29, 1.82) is 0 Å². The van der Waals surface area contributed by atoms with Crippen molar-refractivity contribution < 1.29 is 0 Å². The average molecular weight is 303 g/mol. The maximum absolute atomic E-state index is 4.55. The Kier molecular flexibility index (Phi) is 3.04. The van der Waals surface area contributed by atoms with Crippen LogP contribution in [0.3, 0.4) is 0 Å². The Hall–Kier alpha value is -3.22. The van der Waals surface area contributed by atoms with Gasteiger partial charge >= 0.3 is 0 Å². The molecule has 0 spiro atoms. The van der Waals surface area contributed by atoms with E-state index in [4.69, 9.17) is 0 Å². The van der Waals surface area contributed by atoms with Gasteiger partial charge in [0.15, 0.2) is 5.82 Å². The Morgan fingerprint density at radius 3 is 2.52 bits per heavy atom. The third-order valence-corrected chi connectivity index (χ3v) is 3.54. The highest BCUT2D eigenvalue weighted by Crippen LogP contribution is 2.20. The summed E-state index contributed by atoms with van der Waals surface area (Å²) in [6, 6.07) is 11.6. The van der Waals surface area contributed by atoms with Crippen molar-refractivity contribution in [2.75, 3.05) is 0 Å². The SMILES string of the molecule is Cc1nccc(-c2nnc3nc(-c4ccccc4)nn3c2C)n1. The summed E-state index contributed by atoms with van der Waals surface area (Å²) in [5.74, 6) is 1.78. The van der Waals surface area contributed by atoms with E-state index in [0.717, 1.165) is 17.0 Å². The summed E-state index contributed by atoms with van der Waals surface area (Å²) in [6.07, 6.45) is 1.71. The quantitative estimate of drug-likeness (QED) is 0.565. The summed E-state index contributed by atoms with van der Waals surface area (Å²) >= 11 is 0. The second kappa shape index (κ2) is 5.20. The second-order valence-corrected chi connectivity index (χ2v) is 5.14. The Balaban J connectivity index is 1.89. The molecule has 0 aliphatic heterocycles. The van der Waals surface area contributed by atoms with Crippen molar-refractivity contribution in [2.45, 2.75) is 13.8 Å². The van der Waals surface area contributed by atoms with E-state index in [2.05, 4.69) is 30.2 Å². The molecule has 0 aliphatic carbocycles. The molecule has 3 heterocycles. The van der Waals surface area contributed by atoms with Crippen LogP contribution in [0, 0.1) is 13.8 Å². The second-order valence-electron chi connectivity index (χ2n) is 5.14. The lowest BCUT2D eigenvalue weighted by molar-refractivity contribution is 0.850. The fraction of sp³-hybridized carbons (Fsp3) is 0.125. The summed E-state index contributed by atoms with van der Waals surface area (Å²) in [5.41, 5.74) is 3.17. The van der Waals surface area contributed by atoms with Gasteiger partial charge in [0.1, 0.15) is 11.5 Å². The molecule has 7 heteroatoms. The van der Waals surface area contributed by atoms with Gasteiger partial charge in [-0.3, -0.25) is 0 Å². The molecule has 23 heavy (non-hydrogen) atoms. The van der Waals surface area contributed by atoms with Crippen LogP contribution in [-0.4, -0.2) is 34.8 Å². The molecule has 1 aromatic carbocycles. The maximum Gasteiger partial charge on any atom is 0.272 e. The van der Waals surface area contributed by atoms with Gasteiger partial charge in [0.2, 0.25) is 0 Å². The van der Waals surface area contributed by atoms with Crippen molar-refractivity contribution >= 4 is 5.78 Å². The van der Waals surface area contributed by atoms with E-state index in [1.807, 2.05) is 50.2 Å². The molecular weight excluding hydrogens is 290 g/mol. The molecular formula is C16H13N7. The minimum absolute atomic E-state index is 0.468. The van der Waals surface area contributed by atoms with Crippen LogP contribution in [0.5, 0.6) is 0 Å². The van der Waals surface area contributed by atoms with Gasteiger partial charge in [-0.1, -0.05) is 30.3 Å². The van der Waals surface area contributed by atoms with Crippen molar-refractivity contribution in [1.82, 2.24) is 34.8 Å². The minimum Gasteiger partial charge on any atom is -0.242 e.